The number of likely N-dealkylation sites (N-methyl/N-ethyl adjacent to an activating group) is 1. The van der Waals surface area contributed by atoms with Gasteiger partial charge in [0.1, 0.15) is 12.4 Å². The van der Waals surface area contributed by atoms with Gasteiger partial charge in [-0.05, 0) is 65.1 Å². The molecule has 0 aliphatic carbocycles. The Kier molecular flexibility index (Phi) is 6.91. The average Bonchev–Trinajstić information content (AvgIpc) is 3.09. The van der Waals surface area contributed by atoms with Crippen LogP contribution in [0.4, 0.5) is 0 Å². The molecule has 1 saturated heterocycles. The molecule has 1 heterocycles. The van der Waals surface area contributed by atoms with Crippen molar-refractivity contribution >= 4 is 15.9 Å². The first-order chi connectivity index (χ1) is 12.3. The van der Waals surface area contributed by atoms with Gasteiger partial charge in [0.25, 0.3) is 0 Å². The lowest BCUT2D eigenvalue weighted by Crippen LogP contribution is -2.37. The molecule has 1 atom stereocenters. The molecule has 0 amide bonds. The van der Waals surface area contributed by atoms with Crippen LogP contribution in [-0.2, 0) is 13.2 Å². The van der Waals surface area contributed by atoms with E-state index in [0.29, 0.717) is 12.6 Å². The van der Waals surface area contributed by atoms with E-state index in [2.05, 4.69) is 63.4 Å². The Morgan fingerprint density at radius 2 is 2.00 bits per heavy atom. The summed E-state index contributed by atoms with van der Waals surface area (Å²) in [5.41, 5.74) is 2.46. The van der Waals surface area contributed by atoms with E-state index in [1.165, 1.54) is 30.5 Å². The van der Waals surface area contributed by atoms with Gasteiger partial charge in [-0.15, -0.1) is 0 Å². The molecule has 1 aliphatic rings. The van der Waals surface area contributed by atoms with Crippen LogP contribution < -0.4 is 10.1 Å². The normalized spacial score (nSPS) is 17.8. The minimum atomic E-state index is 0.589. The van der Waals surface area contributed by atoms with E-state index in [4.69, 9.17) is 4.74 Å². The van der Waals surface area contributed by atoms with Crippen LogP contribution >= 0.6 is 15.9 Å². The van der Waals surface area contributed by atoms with Crippen LogP contribution in [0.15, 0.2) is 53.0 Å². The van der Waals surface area contributed by atoms with Crippen LogP contribution in [0.3, 0.4) is 0 Å². The predicted octanol–water partition coefficient (Wildman–Crippen LogP) is 4.60. The van der Waals surface area contributed by atoms with Crippen molar-refractivity contribution in [3.05, 3.63) is 64.1 Å². The summed E-state index contributed by atoms with van der Waals surface area (Å²) >= 11 is 3.64. The van der Waals surface area contributed by atoms with Gasteiger partial charge in [-0.3, -0.25) is 4.90 Å². The molecular weight excluding hydrogens is 376 g/mol. The fourth-order valence-electron chi connectivity index (χ4n) is 3.43. The second kappa shape index (κ2) is 9.37. The molecule has 3 nitrogen and oxygen atoms in total. The van der Waals surface area contributed by atoms with Crippen molar-refractivity contribution in [2.45, 2.75) is 39.0 Å². The molecule has 1 fully saturated rings. The third-order valence-corrected chi connectivity index (χ3v) is 5.47. The number of hydrogen-bond acceptors (Lipinski definition) is 3. The van der Waals surface area contributed by atoms with Crippen molar-refractivity contribution in [2.75, 3.05) is 19.6 Å². The fraction of sp³-hybridized carbons (Fsp3) is 0.429. The van der Waals surface area contributed by atoms with Crippen molar-refractivity contribution < 1.29 is 4.74 Å². The van der Waals surface area contributed by atoms with Crippen LogP contribution in [0.25, 0.3) is 0 Å². The molecule has 4 heteroatoms. The first-order valence-electron chi connectivity index (χ1n) is 9.16. The van der Waals surface area contributed by atoms with Gasteiger partial charge in [0.2, 0.25) is 0 Å². The summed E-state index contributed by atoms with van der Waals surface area (Å²) in [5.74, 6) is 0.889. The van der Waals surface area contributed by atoms with Crippen molar-refractivity contribution in [1.29, 1.82) is 0 Å². The highest BCUT2D eigenvalue weighted by molar-refractivity contribution is 9.10. The predicted molar refractivity (Wildman–Crippen MR) is 107 cm³/mol. The SMILES string of the molecule is CCN1CCC[C@H]1CNCc1ccc(OCc2ccccc2)c(Br)c1. The maximum Gasteiger partial charge on any atom is 0.134 e. The van der Waals surface area contributed by atoms with E-state index in [-0.39, 0.29) is 0 Å². The number of nitrogens with one attached hydrogen (secondary N) is 1. The largest absolute Gasteiger partial charge is 0.488 e. The summed E-state index contributed by atoms with van der Waals surface area (Å²) in [4.78, 5) is 2.57. The van der Waals surface area contributed by atoms with Gasteiger partial charge in [0.05, 0.1) is 4.47 Å². The molecule has 0 radical (unpaired) electrons. The lowest BCUT2D eigenvalue weighted by atomic mass is 10.2. The van der Waals surface area contributed by atoms with Crippen molar-refractivity contribution in [3.8, 4) is 5.75 Å². The Bertz CT molecular complexity index is 662. The minimum absolute atomic E-state index is 0.589. The van der Waals surface area contributed by atoms with Gasteiger partial charge in [0, 0.05) is 19.1 Å². The molecule has 0 bridgehead atoms. The fourth-order valence-corrected chi connectivity index (χ4v) is 3.97. The summed E-state index contributed by atoms with van der Waals surface area (Å²) in [5, 5.41) is 3.61. The third-order valence-electron chi connectivity index (χ3n) is 4.85. The van der Waals surface area contributed by atoms with Crippen molar-refractivity contribution in [2.24, 2.45) is 0 Å². The number of rotatable bonds is 8. The summed E-state index contributed by atoms with van der Waals surface area (Å²) in [6, 6.07) is 17.3. The molecular formula is C21H27BrN2O. The second-order valence-corrected chi connectivity index (χ2v) is 7.45. The lowest BCUT2D eigenvalue weighted by molar-refractivity contribution is 0.260. The number of benzene rings is 2. The van der Waals surface area contributed by atoms with Crippen LogP contribution in [0.2, 0.25) is 0 Å². The molecule has 0 saturated carbocycles. The van der Waals surface area contributed by atoms with E-state index in [1.54, 1.807) is 0 Å². The summed E-state index contributed by atoms with van der Waals surface area (Å²) in [6.07, 6.45) is 2.65. The minimum Gasteiger partial charge on any atom is -0.488 e. The number of halogens is 1. The highest BCUT2D eigenvalue weighted by Gasteiger charge is 2.22. The van der Waals surface area contributed by atoms with Gasteiger partial charge in [-0.1, -0.05) is 43.3 Å². The van der Waals surface area contributed by atoms with Gasteiger partial charge >= 0.3 is 0 Å². The van der Waals surface area contributed by atoms with Gasteiger partial charge in [0.15, 0.2) is 0 Å². The van der Waals surface area contributed by atoms with E-state index in [1.807, 2.05) is 18.2 Å². The van der Waals surface area contributed by atoms with Crippen LogP contribution in [0, 0.1) is 0 Å². The molecule has 1 N–H and O–H groups in total. The maximum atomic E-state index is 5.92. The van der Waals surface area contributed by atoms with E-state index < -0.39 is 0 Å². The lowest BCUT2D eigenvalue weighted by Gasteiger charge is -2.23. The number of ether oxygens (including phenoxy) is 1. The standard InChI is InChI=1S/C21H27BrN2O/c1-2-24-12-6-9-19(24)15-23-14-18-10-11-21(20(22)13-18)25-16-17-7-4-3-5-8-17/h3-5,7-8,10-11,13,19,23H,2,6,9,12,14-16H2,1H3/t19-/m0/s1. The van der Waals surface area contributed by atoms with Crippen molar-refractivity contribution in [3.63, 3.8) is 0 Å². The molecule has 134 valence electrons. The van der Waals surface area contributed by atoms with E-state index >= 15 is 0 Å². The van der Waals surface area contributed by atoms with E-state index in [9.17, 15) is 0 Å². The topological polar surface area (TPSA) is 24.5 Å². The zero-order valence-electron chi connectivity index (χ0n) is 14.9. The van der Waals surface area contributed by atoms with Crippen LogP contribution in [0.5, 0.6) is 5.75 Å². The summed E-state index contributed by atoms with van der Waals surface area (Å²) in [7, 11) is 0. The van der Waals surface area contributed by atoms with Gasteiger partial charge in [-0.2, -0.15) is 0 Å². The highest BCUT2D eigenvalue weighted by Crippen LogP contribution is 2.27. The highest BCUT2D eigenvalue weighted by atomic mass is 79.9. The summed E-state index contributed by atoms with van der Waals surface area (Å²) < 4.78 is 6.93. The molecule has 2 aromatic carbocycles. The Morgan fingerprint density at radius 3 is 2.76 bits per heavy atom. The molecule has 3 rings (SSSR count). The van der Waals surface area contributed by atoms with Gasteiger partial charge < -0.3 is 10.1 Å². The summed E-state index contributed by atoms with van der Waals surface area (Å²) in [6.45, 7) is 7.21. The molecule has 0 aromatic heterocycles. The van der Waals surface area contributed by atoms with Crippen molar-refractivity contribution in [1.82, 2.24) is 10.2 Å². The average molecular weight is 403 g/mol. The number of hydrogen-bond donors (Lipinski definition) is 1. The smallest absolute Gasteiger partial charge is 0.134 e. The zero-order chi connectivity index (χ0) is 17.5. The first-order valence-corrected chi connectivity index (χ1v) is 9.95. The Hall–Kier alpha value is -1.36. The Balaban J connectivity index is 1.48. The van der Waals surface area contributed by atoms with Crippen LogP contribution in [0.1, 0.15) is 30.9 Å². The molecule has 2 aromatic rings. The molecule has 25 heavy (non-hydrogen) atoms. The number of nitrogens with zero attached hydrogens (tertiary/aromatic N) is 1. The monoisotopic (exact) mass is 402 g/mol. The third kappa shape index (κ3) is 5.30. The molecule has 0 spiro atoms. The van der Waals surface area contributed by atoms with Gasteiger partial charge in [-0.25, -0.2) is 0 Å². The second-order valence-electron chi connectivity index (χ2n) is 6.59. The molecule has 0 unspecified atom stereocenters. The maximum absolute atomic E-state index is 5.92. The zero-order valence-corrected chi connectivity index (χ0v) is 16.5. The quantitative estimate of drug-likeness (QED) is 0.697. The number of likely N-dealkylation sites (tertiary alicyclic amines) is 1. The Morgan fingerprint density at radius 1 is 1.16 bits per heavy atom. The van der Waals surface area contributed by atoms with E-state index in [0.717, 1.165) is 29.9 Å². The first kappa shape index (κ1) is 18.4. The Labute approximate surface area is 159 Å². The molecule has 1 aliphatic heterocycles. The van der Waals surface area contributed by atoms with Crippen LogP contribution in [-0.4, -0.2) is 30.6 Å².